The standard InChI is InChI=1S/C33H49N5O3/c1-2-3-4-5-6-10-13-32(39)35-29-14-15-31(30(26-29)33(40)34-16-17-36-22-24-41-25-23-36)38-20-18-37(19-21-38)27-28-11-8-7-9-12-28/h7-9,11-12,14-15,26H,2-6,10,13,16-25,27H2,1H3,(H,34,40)(H,35,39). The smallest absolute Gasteiger partial charge is 0.253 e. The number of amides is 2. The van der Waals surface area contributed by atoms with Gasteiger partial charge < -0.3 is 20.3 Å². The number of piperazine rings is 1. The molecule has 0 aliphatic carbocycles. The molecule has 0 unspecified atom stereocenters. The molecule has 2 fully saturated rings. The van der Waals surface area contributed by atoms with Gasteiger partial charge in [-0.2, -0.15) is 0 Å². The summed E-state index contributed by atoms with van der Waals surface area (Å²) in [5.74, 6) is -0.0755. The Morgan fingerprint density at radius 3 is 2.32 bits per heavy atom. The van der Waals surface area contributed by atoms with E-state index in [0.717, 1.165) is 84.1 Å². The second-order valence-corrected chi connectivity index (χ2v) is 11.3. The topological polar surface area (TPSA) is 77.2 Å². The lowest BCUT2D eigenvalue weighted by Crippen LogP contribution is -2.46. The highest BCUT2D eigenvalue weighted by molar-refractivity contribution is 6.02. The summed E-state index contributed by atoms with van der Waals surface area (Å²) < 4.78 is 5.44. The summed E-state index contributed by atoms with van der Waals surface area (Å²) in [6, 6.07) is 16.4. The van der Waals surface area contributed by atoms with E-state index < -0.39 is 0 Å². The number of carbonyl (C=O) groups excluding carboxylic acids is 2. The third-order valence-electron chi connectivity index (χ3n) is 8.06. The highest BCUT2D eigenvalue weighted by atomic mass is 16.5. The molecule has 2 aromatic carbocycles. The fourth-order valence-electron chi connectivity index (χ4n) is 5.60. The number of rotatable bonds is 15. The molecule has 2 heterocycles. The van der Waals surface area contributed by atoms with Gasteiger partial charge in [-0.3, -0.25) is 19.4 Å². The van der Waals surface area contributed by atoms with Crippen molar-refractivity contribution < 1.29 is 14.3 Å². The fourth-order valence-corrected chi connectivity index (χ4v) is 5.60. The summed E-state index contributed by atoms with van der Waals surface area (Å²) in [4.78, 5) is 33.2. The lowest BCUT2D eigenvalue weighted by atomic mass is 10.1. The number of hydrogen-bond donors (Lipinski definition) is 2. The average Bonchev–Trinajstić information content (AvgIpc) is 3.00. The van der Waals surface area contributed by atoms with Crippen LogP contribution in [-0.4, -0.2) is 87.2 Å². The first-order valence-corrected chi connectivity index (χ1v) is 15.7. The van der Waals surface area contributed by atoms with Gasteiger partial charge in [0.15, 0.2) is 0 Å². The summed E-state index contributed by atoms with van der Waals surface area (Å²) >= 11 is 0. The predicted molar refractivity (Wildman–Crippen MR) is 167 cm³/mol. The van der Waals surface area contributed by atoms with Gasteiger partial charge in [0.2, 0.25) is 5.91 Å². The molecule has 2 N–H and O–H groups in total. The van der Waals surface area contributed by atoms with Crippen molar-refractivity contribution >= 4 is 23.2 Å². The molecule has 0 atom stereocenters. The molecule has 0 bridgehead atoms. The van der Waals surface area contributed by atoms with Gasteiger partial charge in [-0.15, -0.1) is 0 Å². The Balaban J connectivity index is 1.36. The van der Waals surface area contributed by atoms with E-state index in [1.54, 1.807) is 0 Å². The van der Waals surface area contributed by atoms with E-state index in [-0.39, 0.29) is 11.8 Å². The molecular weight excluding hydrogens is 514 g/mol. The lowest BCUT2D eigenvalue weighted by molar-refractivity contribution is -0.116. The minimum Gasteiger partial charge on any atom is -0.379 e. The van der Waals surface area contributed by atoms with Crippen LogP contribution in [0.5, 0.6) is 0 Å². The first-order chi connectivity index (χ1) is 20.1. The Morgan fingerprint density at radius 1 is 0.829 bits per heavy atom. The van der Waals surface area contributed by atoms with E-state index in [9.17, 15) is 9.59 Å². The van der Waals surface area contributed by atoms with Crippen molar-refractivity contribution in [1.29, 1.82) is 0 Å². The highest BCUT2D eigenvalue weighted by Gasteiger charge is 2.23. The van der Waals surface area contributed by atoms with Crippen molar-refractivity contribution in [2.45, 2.75) is 58.4 Å². The van der Waals surface area contributed by atoms with E-state index >= 15 is 0 Å². The van der Waals surface area contributed by atoms with Gasteiger partial charge in [-0.25, -0.2) is 0 Å². The molecule has 2 amide bonds. The normalized spacial score (nSPS) is 16.5. The van der Waals surface area contributed by atoms with Gasteiger partial charge in [0.25, 0.3) is 5.91 Å². The first kappa shape index (κ1) is 31.0. The van der Waals surface area contributed by atoms with Gasteiger partial charge in [0.1, 0.15) is 0 Å². The van der Waals surface area contributed by atoms with Crippen LogP contribution in [0, 0.1) is 0 Å². The van der Waals surface area contributed by atoms with Crippen LogP contribution in [0.15, 0.2) is 48.5 Å². The van der Waals surface area contributed by atoms with Crippen LogP contribution in [0.3, 0.4) is 0 Å². The van der Waals surface area contributed by atoms with Crippen molar-refractivity contribution in [3.05, 3.63) is 59.7 Å². The average molecular weight is 564 g/mol. The minimum absolute atomic E-state index is 0.0152. The number of anilines is 2. The number of nitrogens with one attached hydrogen (secondary N) is 2. The molecule has 41 heavy (non-hydrogen) atoms. The van der Waals surface area contributed by atoms with Gasteiger partial charge in [-0.05, 0) is 30.2 Å². The van der Waals surface area contributed by atoms with Crippen LogP contribution >= 0.6 is 0 Å². The summed E-state index contributed by atoms with van der Waals surface area (Å²) in [7, 11) is 0. The third-order valence-corrected chi connectivity index (χ3v) is 8.06. The van der Waals surface area contributed by atoms with Crippen molar-refractivity contribution in [3.8, 4) is 0 Å². The molecule has 2 aromatic rings. The maximum Gasteiger partial charge on any atom is 0.253 e. The zero-order valence-electron chi connectivity index (χ0n) is 24.9. The van der Waals surface area contributed by atoms with Gasteiger partial charge in [-0.1, -0.05) is 69.4 Å². The summed E-state index contributed by atoms with van der Waals surface area (Å²) in [5.41, 5.74) is 3.57. The molecule has 0 saturated carbocycles. The van der Waals surface area contributed by atoms with Crippen LogP contribution in [0.25, 0.3) is 0 Å². The maximum atomic E-state index is 13.5. The Bertz CT molecular complexity index is 1070. The molecule has 2 aliphatic rings. The molecule has 8 heteroatoms. The second kappa shape index (κ2) is 17.1. The molecule has 0 radical (unpaired) electrons. The second-order valence-electron chi connectivity index (χ2n) is 11.3. The Labute approximate surface area is 246 Å². The minimum atomic E-state index is -0.0907. The molecule has 2 aliphatic heterocycles. The fraction of sp³-hybridized carbons (Fsp3) is 0.576. The predicted octanol–water partition coefficient (Wildman–Crippen LogP) is 4.76. The molecule has 8 nitrogen and oxygen atoms in total. The summed E-state index contributed by atoms with van der Waals surface area (Å²) in [6.07, 6.45) is 7.40. The Morgan fingerprint density at radius 2 is 1.56 bits per heavy atom. The Kier molecular flexibility index (Phi) is 12.9. The zero-order chi connectivity index (χ0) is 28.7. The van der Waals surface area contributed by atoms with Gasteiger partial charge in [0, 0.05) is 76.7 Å². The van der Waals surface area contributed by atoms with Crippen molar-refractivity contribution in [2.24, 2.45) is 0 Å². The van der Waals surface area contributed by atoms with Crippen LogP contribution in [0.1, 0.15) is 67.8 Å². The highest BCUT2D eigenvalue weighted by Crippen LogP contribution is 2.26. The van der Waals surface area contributed by atoms with Crippen LogP contribution in [0.4, 0.5) is 11.4 Å². The number of carbonyl (C=O) groups is 2. The molecule has 2 saturated heterocycles. The van der Waals surface area contributed by atoms with Crippen LogP contribution in [-0.2, 0) is 16.1 Å². The van der Waals surface area contributed by atoms with E-state index in [0.29, 0.717) is 24.2 Å². The number of hydrogen-bond acceptors (Lipinski definition) is 6. The molecule has 0 aromatic heterocycles. The summed E-state index contributed by atoms with van der Waals surface area (Å²) in [6.45, 7) is 11.4. The van der Waals surface area contributed by atoms with Crippen LogP contribution < -0.4 is 15.5 Å². The molecule has 4 rings (SSSR count). The number of benzene rings is 2. The third kappa shape index (κ3) is 10.4. The maximum absolute atomic E-state index is 13.5. The van der Waals surface area contributed by atoms with Gasteiger partial charge in [0.05, 0.1) is 18.8 Å². The molecular formula is C33H49N5O3. The van der Waals surface area contributed by atoms with E-state index in [2.05, 4.69) is 62.6 Å². The number of ether oxygens (including phenoxy) is 1. The van der Waals surface area contributed by atoms with Crippen molar-refractivity contribution in [1.82, 2.24) is 15.1 Å². The molecule has 224 valence electrons. The number of morpholine rings is 1. The largest absolute Gasteiger partial charge is 0.379 e. The van der Waals surface area contributed by atoms with E-state index in [1.165, 1.54) is 31.2 Å². The number of nitrogens with zero attached hydrogens (tertiary/aromatic N) is 3. The summed E-state index contributed by atoms with van der Waals surface area (Å²) in [5, 5.41) is 6.18. The van der Waals surface area contributed by atoms with Crippen molar-refractivity contribution in [3.63, 3.8) is 0 Å². The number of unbranched alkanes of at least 4 members (excludes halogenated alkanes) is 5. The molecule has 0 spiro atoms. The zero-order valence-corrected chi connectivity index (χ0v) is 24.9. The van der Waals surface area contributed by atoms with Crippen molar-refractivity contribution in [2.75, 3.05) is 75.8 Å². The van der Waals surface area contributed by atoms with Gasteiger partial charge >= 0.3 is 0 Å². The SMILES string of the molecule is CCCCCCCCC(=O)Nc1ccc(N2CCN(Cc3ccccc3)CC2)c(C(=O)NCCN2CCOCC2)c1. The van der Waals surface area contributed by atoms with E-state index in [1.807, 2.05) is 18.2 Å². The van der Waals surface area contributed by atoms with E-state index in [4.69, 9.17) is 4.74 Å². The monoisotopic (exact) mass is 563 g/mol. The first-order valence-electron chi connectivity index (χ1n) is 15.7. The Hall–Kier alpha value is -2.94. The lowest BCUT2D eigenvalue weighted by Gasteiger charge is -2.37. The van der Waals surface area contributed by atoms with Crippen LogP contribution in [0.2, 0.25) is 0 Å². The quantitative estimate of drug-likeness (QED) is 0.305.